The van der Waals surface area contributed by atoms with Gasteiger partial charge < -0.3 is 15.5 Å². The molecule has 1 aromatic carbocycles. The van der Waals surface area contributed by atoms with Gasteiger partial charge in [0.25, 0.3) is 0 Å². The molecular formula is C16H26FIN4O. The van der Waals surface area contributed by atoms with Gasteiger partial charge >= 0.3 is 0 Å². The van der Waals surface area contributed by atoms with Gasteiger partial charge in [-0.25, -0.2) is 9.38 Å². The number of halogens is 2. The Morgan fingerprint density at radius 2 is 1.78 bits per heavy atom. The SMILES string of the molecule is CCCNC(=NCC(=O)N(C)C)NCCc1ccc(F)cc1.I. The summed E-state index contributed by atoms with van der Waals surface area (Å²) in [5.74, 6) is 0.348. The smallest absolute Gasteiger partial charge is 0.243 e. The number of benzene rings is 1. The maximum atomic E-state index is 12.8. The van der Waals surface area contributed by atoms with Gasteiger partial charge in [0.2, 0.25) is 5.91 Å². The molecule has 0 aliphatic rings. The van der Waals surface area contributed by atoms with Crippen molar-refractivity contribution in [1.82, 2.24) is 15.5 Å². The zero-order chi connectivity index (χ0) is 16.4. The first-order valence-electron chi connectivity index (χ1n) is 7.49. The molecule has 7 heteroatoms. The highest BCUT2D eigenvalue weighted by molar-refractivity contribution is 14.0. The summed E-state index contributed by atoms with van der Waals surface area (Å²) in [6.45, 7) is 3.63. The normalized spacial score (nSPS) is 10.7. The third-order valence-corrected chi connectivity index (χ3v) is 3.03. The molecule has 0 saturated carbocycles. The number of nitrogens with one attached hydrogen (secondary N) is 2. The summed E-state index contributed by atoms with van der Waals surface area (Å²) in [4.78, 5) is 17.4. The van der Waals surface area contributed by atoms with Crippen LogP contribution in [0.25, 0.3) is 0 Å². The van der Waals surface area contributed by atoms with Crippen LogP contribution in [0.2, 0.25) is 0 Å². The summed E-state index contributed by atoms with van der Waals surface area (Å²) in [7, 11) is 3.41. The minimum Gasteiger partial charge on any atom is -0.356 e. The third-order valence-electron chi connectivity index (χ3n) is 3.03. The zero-order valence-electron chi connectivity index (χ0n) is 13.9. The van der Waals surface area contributed by atoms with E-state index in [0.717, 1.165) is 24.9 Å². The van der Waals surface area contributed by atoms with E-state index in [1.54, 1.807) is 26.2 Å². The average molecular weight is 436 g/mol. The Hall–Kier alpha value is -1.38. The van der Waals surface area contributed by atoms with E-state index >= 15 is 0 Å². The molecule has 0 aliphatic heterocycles. The fraction of sp³-hybridized carbons (Fsp3) is 0.500. The highest BCUT2D eigenvalue weighted by Gasteiger charge is 2.04. The number of guanidine groups is 1. The molecule has 23 heavy (non-hydrogen) atoms. The van der Waals surface area contributed by atoms with Gasteiger partial charge in [-0.2, -0.15) is 0 Å². The van der Waals surface area contributed by atoms with Crippen LogP contribution in [0.15, 0.2) is 29.3 Å². The van der Waals surface area contributed by atoms with Crippen molar-refractivity contribution in [3.8, 4) is 0 Å². The molecule has 0 aromatic heterocycles. The van der Waals surface area contributed by atoms with E-state index in [2.05, 4.69) is 22.5 Å². The topological polar surface area (TPSA) is 56.7 Å². The lowest BCUT2D eigenvalue weighted by Crippen LogP contribution is -2.39. The number of carbonyl (C=O) groups excluding carboxylic acids is 1. The number of nitrogens with zero attached hydrogens (tertiary/aromatic N) is 2. The van der Waals surface area contributed by atoms with Gasteiger partial charge in [0.05, 0.1) is 0 Å². The molecule has 0 atom stereocenters. The lowest BCUT2D eigenvalue weighted by molar-refractivity contribution is -0.127. The van der Waals surface area contributed by atoms with Crippen LogP contribution >= 0.6 is 24.0 Å². The van der Waals surface area contributed by atoms with Crippen molar-refractivity contribution in [3.05, 3.63) is 35.6 Å². The van der Waals surface area contributed by atoms with Gasteiger partial charge in [-0.1, -0.05) is 19.1 Å². The highest BCUT2D eigenvalue weighted by Crippen LogP contribution is 2.02. The van der Waals surface area contributed by atoms with Crippen molar-refractivity contribution >= 4 is 35.8 Å². The molecular weight excluding hydrogens is 410 g/mol. The van der Waals surface area contributed by atoms with Gasteiger partial charge in [0.15, 0.2) is 5.96 Å². The first kappa shape index (κ1) is 21.6. The summed E-state index contributed by atoms with van der Waals surface area (Å²) in [5.41, 5.74) is 1.05. The first-order valence-corrected chi connectivity index (χ1v) is 7.49. The van der Waals surface area contributed by atoms with Crippen LogP contribution in [0.4, 0.5) is 4.39 Å². The van der Waals surface area contributed by atoms with Crippen LogP contribution in [0.1, 0.15) is 18.9 Å². The quantitative estimate of drug-likeness (QED) is 0.391. The van der Waals surface area contributed by atoms with E-state index in [9.17, 15) is 9.18 Å². The predicted molar refractivity (Wildman–Crippen MR) is 103 cm³/mol. The minimum absolute atomic E-state index is 0. The molecule has 0 saturated heterocycles. The van der Waals surface area contributed by atoms with Crippen molar-refractivity contribution in [2.45, 2.75) is 19.8 Å². The van der Waals surface area contributed by atoms with E-state index in [1.165, 1.54) is 17.0 Å². The molecule has 2 N–H and O–H groups in total. The van der Waals surface area contributed by atoms with E-state index in [-0.39, 0.29) is 42.2 Å². The summed E-state index contributed by atoms with van der Waals surface area (Å²) in [5, 5.41) is 6.35. The molecule has 0 unspecified atom stereocenters. The molecule has 130 valence electrons. The minimum atomic E-state index is -0.231. The Bertz CT molecular complexity index is 491. The maximum Gasteiger partial charge on any atom is 0.243 e. The number of amides is 1. The number of carbonyl (C=O) groups is 1. The number of aliphatic imine (C=N–C) groups is 1. The average Bonchev–Trinajstić information content (AvgIpc) is 2.50. The largest absolute Gasteiger partial charge is 0.356 e. The van der Waals surface area contributed by atoms with Crippen molar-refractivity contribution in [2.24, 2.45) is 4.99 Å². The highest BCUT2D eigenvalue weighted by atomic mass is 127. The second-order valence-corrected chi connectivity index (χ2v) is 5.18. The van der Waals surface area contributed by atoms with Crippen LogP contribution in [0, 0.1) is 5.82 Å². The molecule has 0 bridgehead atoms. The van der Waals surface area contributed by atoms with E-state index in [0.29, 0.717) is 12.5 Å². The lowest BCUT2D eigenvalue weighted by Gasteiger charge is -2.13. The second kappa shape index (κ2) is 12.1. The van der Waals surface area contributed by atoms with Crippen molar-refractivity contribution in [2.75, 3.05) is 33.7 Å². The molecule has 0 fully saturated rings. The van der Waals surface area contributed by atoms with Crippen LogP contribution in [-0.4, -0.2) is 50.5 Å². The van der Waals surface area contributed by atoms with Gasteiger partial charge in [-0.15, -0.1) is 24.0 Å². The van der Waals surface area contributed by atoms with Gasteiger partial charge in [-0.05, 0) is 30.5 Å². The summed E-state index contributed by atoms with van der Waals surface area (Å²) >= 11 is 0. The summed E-state index contributed by atoms with van der Waals surface area (Å²) in [6.07, 6.45) is 1.73. The Labute approximate surface area is 154 Å². The fourth-order valence-corrected chi connectivity index (χ4v) is 1.68. The van der Waals surface area contributed by atoms with E-state index in [1.807, 2.05) is 0 Å². The van der Waals surface area contributed by atoms with Crippen LogP contribution < -0.4 is 10.6 Å². The molecule has 5 nitrogen and oxygen atoms in total. The van der Waals surface area contributed by atoms with Crippen LogP contribution in [0.5, 0.6) is 0 Å². The molecule has 0 aliphatic carbocycles. The fourth-order valence-electron chi connectivity index (χ4n) is 1.68. The van der Waals surface area contributed by atoms with Crippen molar-refractivity contribution in [1.29, 1.82) is 0 Å². The number of rotatable bonds is 7. The molecule has 1 amide bonds. The Kier molecular flexibility index (Phi) is 11.4. The second-order valence-electron chi connectivity index (χ2n) is 5.18. The monoisotopic (exact) mass is 436 g/mol. The van der Waals surface area contributed by atoms with Gasteiger partial charge in [-0.3, -0.25) is 4.79 Å². The van der Waals surface area contributed by atoms with Crippen molar-refractivity contribution in [3.63, 3.8) is 0 Å². The van der Waals surface area contributed by atoms with E-state index < -0.39 is 0 Å². The van der Waals surface area contributed by atoms with E-state index in [4.69, 9.17) is 0 Å². The molecule has 0 heterocycles. The van der Waals surface area contributed by atoms with Gasteiger partial charge in [0, 0.05) is 27.2 Å². The van der Waals surface area contributed by atoms with Gasteiger partial charge in [0.1, 0.15) is 12.4 Å². The Balaban J connectivity index is 0.00000484. The predicted octanol–water partition coefficient (Wildman–Crippen LogP) is 2.02. The molecule has 0 radical (unpaired) electrons. The number of likely N-dealkylation sites (N-methyl/N-ethyl adjacent to an activating group) is 1. The lowest BCUT2D eigenvalue weighted by atomic mass is 10.1. The molecule has 1 rings (SSSR count). The Morgan fingerprint density at radius 1 is 1.17 bits per heavy atom. The maximum absolute atomic E-state index is 12.8. The standard InChI is InChI=1S/C16H25FN4O.HI/c1-4-10-18-16(20-12-15(22)21(2)3)19-11-9-13-5-7-14(17)8-6-13;/h5-8H,4,9-12H2,1-3H3,(H2,18,19,20);1H. The summed E-state index contributed by atoms with van der Waals surface area (Å²) < 4.78 is 12.8. The zero-order valence-corrected chi connectivity index (χ0v) is 16.3. The first-order chi connectivity index (χ1) is 10.5. The molecule has 1 aromatic rings. The summed E-state index contributed by atoms with van der Waals surface area (Å²) in [6, 6.07) is 6.44. The molecule has 0 spiro atoms. The Morgan fingerprint density at radius 3 is 2.35 bits per heavy atom. The third kappa shape index (κ3) is 9.37. The van der Waals surface area contributed by atoms with Crippen LogP contribution in [-0.2, 0) is 11.2 Å². The number of hydrogen-bond acceptors (Lipinski definition) is 2. The number of hydrogen-bond donors (Lipinski definition) is 2. The van der Waals surface area contributed by atoms with Crippen LogP contribution in [0.3, 0.4) is 0 Å². The van der Waals surface area contributed by atoms with Crippen molar-refractivity contribution < 1.29 is 9.18 Å².